The topological polar surface area (TPSA) is 51.5 Å². The van der Waals surface area contributed by atoms with E-state index in [0.717, 1.165) is 29.0 Å². The first kappa shape index (κ1) is 25.3. The quantitative estimate of drug-likeness (QED) is 0.299. The van der Waals surface area contributed by atoms with Gasteiger partial charge in [0.25, 0.3) is 0 Å². The Kier molecular flexibility index (Phi) is 6.73. The highest BCUT2D eigenvalue weighted by Crippen LogP contribution is 2.36. The molecule has 5 rings (SSSR count). The number of rotatable bonds is 6. The van der Waals surface area contributed by atoms with Gasteiger partial charge in [-0.25, -0.2) is 8.42 Å². The van der Waals surface area contributed by atoms with Crippen LogP contribution in [0, 0.1) is 27.7 Å². The number of methoxy groups -OCH3 is 1. The molecule has 3 aromatic carbocycles. The molecular formula is C31H34N2O3S. The molecule has 0 amide bonds. The number of aryl methyl sites for hydroxylation is 3. The Morgan fingerprint density at radius 2 is 1.59 bits per heavy atom. The van der Waals surface area contributed by atoms with Crippen molar-refractivity contribution in [2.24, 2.45) is 0 Å². The number of aromatic nitrogens is 1. The number of sulfonamides is 1. The van der Waals surface area contributed by atoms with Crippen LogP contribution in [-0.2, 0) is 16.6 Å². The highest BCUT2D eigenvalue weighted by atomic mass is 32.2. The Morgan fingerprint density at radius 1 is 0.919 bits per heavy atom. The summed E-state index contributed by atoms with van der Waals surface area (Å²) >= 11 is 0. The van der Waals surface area contributed by atoms with Gasteiger partial charge in [-0.3, -0.25) is 0 Å². The van der Waals surface area contributed by atoms with Crippen molar-refractivity contribution >= 4 is 26.5 Å². The summed E-state index contributed by atoms with van der Waals surface area (Å²) in [6, 6.07) is 20.6. The van der Waals surface area contributed by atoms with Gasteiger partial charge in [-0.1, -0.05) is 54.1 Å². The molecule has 2 heterocycles. The molecule has 0 radical (unpaired) electrons. The summed E-state index contributed by atoms with van der Waals surface area (Å²) in [5.74, 6) is 0.849. The smallest absolute Gasteiger partial charge is 0.243 e. The van der Waals surface area contributed by atoms with E-state index < -0.39 is 10.0 Å². The summed E-state index contributed by atoms with van der Waals surface area (Å²) < 4.78 is 36.5. The number of para-hydroxylation sites is 1. The van der Waals surface area contributed by atoms with Crippen LogP contribution in [0.3, 0.4) is 0 Å². The Balaban J connectivity index is 1.48. The maximum absolute atomic E-state index is 13.6. The molecule has 0 fully saturated rings. The molecule has 4 aromatic rings. The van der Waals surface area contributed by atoms with Gasteiger partial charge in [-0.05, 0) is 74.6 Å². The number of fused-ring (bicyclic) bond motifs is 1. The highest BCUT2D eigenvalue weighted by Gasteiger charge is 2.30. The van der Waals surface area contributed by atoms with Gasteiger partial charge in [0.1, 0.15) is 5.75 Å². The largest absolute Gasteiger partial charge is 0.497 e. The minimum absolute atomic E-state index is 0.377. The molecule has 0 N–H and O–H groups in total. The van der Waals surface area contributed by atoms with E-state index in [0.29, 0.717) is 24.4 Å². The molecule has 0 unspecified atom stereocenters. The van der Waals surface area contributed by atoms with Gasteiger partial charge in [0.15, 0.2) is 0 Å². The summed E-state index contributed by atoms with van der Waals surface area (Å²) in [6.45, 7) is 9.55. The monoisotopic (exact) mass is 514 g/mol. The first-order valence-corrected chi connectivity index (χ1v) is 14.1. The van der Waals surface area contributed by atoms with Crippen LogP contribution in [0.1, 0.15) is 39.9 Å². The fourth-order valence-corrected chi connectivity index (χ4v) is 7.54. The van der Waals surface area contributed by atoms with Gasteiger partial charge >= 0.3 is 0 Å². The molecule has 1 aliphatic rings. The molecule has 192 valence electrons. The zero-order valence-corrected chi connectivity index (χ0v) is 23.0. The van der Waals surface area contributed by atoms with Gasteiger partial charge in [-0.15, -0.1) is 0 Å². The second-order valence-corrected chi connectivity index (χ2v) is 11.9. The molecule has 1 aromatic heterocycles. The predicted octanol–water partition coefficient (Wildman–Crippen LogP) is 6.41. The van der Waals surface area contributed by atoms with E-state index in [1.807, 2.05) is 45.0 Å². The van der Waals surface area contributed by atoms with E-state index in [-0.39, 0.29) is 0 Å². The second-order valence-electron chi connectivity index (χ2n) is 9.98. The lowest BCUT2D eigenvalue weighted by Gasteiger charge is -2.27. The van der Waals surface area contributed by atoms with E-state index in [9.17, 15) is 8.42 Å². The number of hydrogen-bond acceptors (Lipinski definition) is 3. The minimum Gasteiger partial charge on any atom is -0.497 e. The van der Waals surface area contributed by atoms with E-state index in [2.05, 4.69) is 54.0 Å². The van der Waals surface area contributed by atoms with E-state index >= 15 is 0 Å². The van der Waals surface area contributed by atoms with Crippen molar-refractivity contribution in [3.8, 4) is 5.75 Å². The van der Waals surface area contributed by atoms with Crippen LogP contribution < -0.4 is 4.74 Å². The number of nitrogens with zero attached hydrogens (tertiary/aromatic N) is 2. The Labute approximate surface area is 220 Å². The molecular weight excluding hydrogens is 480 g/mol. The first-order chi connectivity index (χ1) is 17.7. The molecule has 1 aliphatic heterocycles. The zero-order valence-electron chi connectivity index (χ0n) is 22.2. The average molecular weight is 515 g/mol. The van der Waals surface area contributed by atoms with E-state index in [1.165, 1.54) is 33.3 Å². The van der Waals surface area contributed by atoms with Gasteiger partial charge in [0.05, 0.1) is 12.0 Å². The lowest BCUT2D eigenvalue weighted by Crippen LogP contribution is -2.35. The second kappa shape index (κ2) is 9.84. The predicted molar refractivity (Wildman–Crippen MR) is 151 cm³/mol. The SMILES string of the molecule is COc1ccc(Cn2c(C)c(C3=CCN(S(=O)(=O)c4c(C)cc(C)cc4C)CC3)c3ccccc32)cc1. The van der Waals surface area contributed by atoms with Gasteiger partial charge < -0.3 is 9.30 Å². The zero-order chi connectivity index (χ0) is 26.3. The molecule has 37 heavy (non-hydrogen) atoms. The number of benzene rings is 3. The Morgan fingerprint density at radius 3 is 2.22 bits per heavy atom. The maximum atomic E-state index is 13.6. The van der Waals surface area contributed by atoms with Crippen LogP contribution in [0.15, 0.2) is 71.6 Å². The fourth-order valence-electron chi connectivity index (χ4n) is 5.75. The normalized spacial score (nSPS) is 14.7. The van der Waals surface area contributed by atoms with Gasteiger partial charge in [-0.2, -0.15) is 4.31 Å². The average Bonchev–Trinajstić information content (AvgIpc) is 3.15. The summed E-state index contributed by atoms with van der Waals surface area (Å²) in [6.07, 6.45) is 2.78. The molecule has 0 atom stereocenters. The van der Waals surface area contributed by atoms with Crippen LogP contribution in [0.4, 0.5) is 0 Å². The summed E-state index contributed by atoms with van der Waals surface area (Å²) in [5.41, 5.74) is 8.73. The summed E-state index contributed by atoms with van der Waals surface area (Å²) in [7, 11) is -1.89. The minimum atomic E-state index is -3.57. The highest BCUT2D eigenvalue weighted by molar-refractivity contribution is 7.89. The van der Waals surface area contributed by atoms with Crippen LogP contribution in [-0.4, -0.2) is 37.5 Å². The van der Waals surface area contributed by atoms with Crippen LogP contribution in [0.25, 0.3) is 16.5 Å². The van der Waals surface area contributed by atoms with Crippen molar-refractivity contribution in [3.05, 3.63) is 100 Å². The third-order valence-corrected chi connectivity index (χ3v) is 9.60. The molecule has 0 aliphatic carbocycles. The summed E-state index contributed by atoms with van der Waals surface area (Å²) in [5, 5.41) is 1.21. The Hall–Kier alpha value is -3.35. The van der Waals surface area contributed by atoms with Crippen molar-refractivity contribution in [3.63, 3.8) is 0 Å². The van der Waals surface area contributed by atoms with Gasteiger partial charge in [0.2, 0.25) is 10.0 Å². The van der Waals surface area contributed by atoms with Crippen molar-refractivity contribution in [1.29, 1.82) is 0 Å². The molecule has 6 heteroatoms. The number of ether oxygens (including phenoxy) is 1. The van der Waals surface area contributed by atoms with E-state index in [1.54, 1.807) is 11.4 Å². The van der Waals surface area contributed by atoms with Crippen LogP contribution >= 0.6 is 0 Å². The lowest BCUT2D eigenvalue weighted by molar-refractivity contribution is 0.414. The maximum Gasteiger partial charge on any atom is 0.243 e. The molecule has 0 saturated heterocycles. The molecule has 0 saturated carbocycles. The molecule has 0 bridgehead atoms. The molecule has 0 spiro atoms. The van der Waals surface area contributed by atoms with Crippen molar-refractivity contribution in [2.75, 3.05) is 20.2 Å². The van der Waals surface area contributed by atoms with E-state index in [4.69, 9.17) is 4.74 Å². The van der Waals surface area contributed by atoms with Gasteiger partial charge in [0, 0.05) is 41.8 Å². The molecule has 5 nitrogen and oxygen atoms in total. The third kappa shape index (κ3) is 4.60. The van der Waals surface area contributed by atoms with Crippen molar-refractivity contribution < 1.29 is 13.2 Å². The third-order valence-electron chi connectivity index (χ3n) is 7.43. The first-order valence-electron chi connectivity index (χ1n) is 12.7. The van der Waals surface area contributed by atoms with Crippen LogP contribution in [0.2, 0.25) is 0 Å². The van der Waals surface area contributed by atoms with Crippen molar-refractivity contribution in [1.82, 2.24) is 8.87 Å². The lowest BCUT2D eigenvalue weighted by atomic mass is 9.97. The fraction of sp³-hybridized carbons (Fsp3) is 0.290. The Bertz CT molecular complexity index is 1590. The summed E-state index contributed by atoms with van der Waals surface area (Å²) in [4.78, 5) is 0.447. The number of hydrogen-bond donors (Lipinski definition) is 0. The van der Waals surface area contributed by atoms with Crippen LogP contribution in [0.5, 0.6) is 5.75 Å². The van der Waals surface area contributed by atoms with Crippen molar-refractivity contribution in [2.45, 2.75) is 45.6 Å². The standard InChI is InChI=1S/C31H34N2O3S/c1-21-18-22(2)31(23(3)19-21)37(34,35)32-16-14-26(15-17-32)30-24(4)33(29-9-7-6-8-28(29)30)20-25-10-12-27(36-5)13-11-25/h6-14,18-19H,15-17,20H2,1-5H3.